The van der Waals surface area contributed by atoms with Crippen LogP contribution in [0.4, 0.5) is 10.1 Å². The van der Waals surface area contributed by atoms with Crippen LogP contribution in [0.15, 0.2) is 64.8 Å². The zero-order valence-electron chi connectivity index (χ0n) is 32.2. The number of allylic oxidation sites excluding steroid dienone is 5. The van der Waals surface area contributed by atoms with E-state index in [1.807, 2.05) is 73.6 Å². The molecule has 2 heterocycles. The smallest absolute Gasteiger partial charge is 0.257 e. The number of nitrogens with zero attached hydrogens (tertiary/aromatic N) is 2. The van der Waals surface area contributed by atoms with Crippen LogP contribution in [0.2, 0.25) is 0 Å². The predicted octanol–water partition coefficient (Wildman–Crippen LogP) is 10.3. The number of aromatic nitrogens is 1. The lowest BCUT2D eigenvalue weighted by atomic mass is 9.90. The topological polar surface area (TPSA) is 80.4 Å². The molecular formula is C40H65FN4O2. The number of hydrogen-bond acceptors (Lipinski definition) is 4. The van der Waals surface area contributed by atoms with E-state index in [0.29, 0.717) is 5.70 Å². The number of benzene rings is 1. The molecule has 1 amide bonds. The molecule has 3 rings (SSSR count). The first-order valence-corrected chi connectivity index (χ1v) is 17.4. The summed E-state index contributed by atoms with van der Waals surface area (Å²) in [5.41, 5.74) is 13.7. The Morgan fingerprint density at radius 2 is 1.57 bits per heavy atom. The number of amides is 1. The molecule has 0 saturated heterocycles. The number of nitrogens with two attached hydrogens (primary N) is 1. The number of hydrogen-bond donors (Lipinski definition) is 2. The summed E-state index contributed by atoms with van der Waals surface area (Å²) in [5.74, 6) is -0.531. The summed E-state index contributed by atoms with van der Waals surface area (Å²) in [5, 5.41) is 3.19. The van der Waals surface area contributed by atoms with Gasteiger partial charge in [0.1, 0.15) is 0 Å². The number of anilines is 1. The molecule has 0 bridgehead atoms. The van der Waals surface area contributed by atoms with Crippen molar-refractivity contribution in [3.8, 4) is 0 Å². The van der Waals surface area contributed by atoms with Crippen molar-refractivity contribution in [3.05, 3.63) is 98.4 Å². The average Bonchev–Trinajstić information content (AvgIpc) is 3.06. The van der Waals surface area contributed by atoms with Crippen molar-refractivity contribution in [1.82, 2.24) is 14.8 Å². The molecule has 264 valence electrons. The monoisotopic (exact) mass is 653 g/mol. The van der Waals surface area contributed by atoms with Gasteiger partial charge in [0.15, 0.2) is 5.82 Å². The second kappa shape index (κ2) is 24.3. The molecule has 0 spiro atoms. The maximum atomic E-state index is 13.7. The van der Waals surface area contributed by atoms with Gasteiger partial charge < -0.3 is 16.0 Å². The molecule has 1 unspecified atom stereocenters. The minimum atomic E-state index is -0.600. The highest BCUT2D eigenvalue weighted by atomic mass is 19.1. The molecule has 0 saturated carbocycles. The van der Waals surface area contributed by atoms with Gasteiger partial charge in [0.05, 0.1) is 23.6 Å². The van der Waals surface area contributed by atoms with Gasteiger partial charge in [-0.25, -0.2) is 4.39 Å². The van der Waals surface area contributed by atoms with Gasteiger partial charge in [-0.2, -0.15) is 0 Å². The van der Waals surface area contributed by atoms with Crippen LogP contribution in [0.25, 0.3) is 11.3 Å². The van der Waals surface area contributed by atoms with Crippen LogP contribution in [0.5, 0.6) is 0 Å². The number of pyridine rings is 1. The highest BCUT2D eigenvalue weighted by molar-refractivity contribution is 5.95. The van der Waals surface area contributed by atoms with E-state index < -0.39 is 5.82 Å². The van der Waals surface area contributed by atoms with Crippen LogP contribution < -0.4 is 16.6 Å². The van der Waals surface area contributed by atoms with Crippen molar-refractivity contribution in [2.45, 2.75) is 122 Å². The van der Waals surface area contributed by atoms with Crippen LogP contribution in [-0.2, 0) is 0 Å². The molecule has 1 atom stereocenters. The molecule has 7 heteroatoms. The number of carbonyl (C=O) groups excluding carboxylic acids is 1. The van der Waals surface area contributed by atoms with Gasteiger partial charge in [-0.1, -0.05) is 86.5 Å². The van der Waals surface area contributed by atoms with E-state index in [1.165, 1.54) is 32.4 Å². The second-order valence-electron chi connectivity index (χ2n) is 10.8. The quantitative estimate of drug-likeness (QED) is 0.297. The van der Waals surface area contributed by atoms with Gasteiger partial charge in [0.25, 0.3) is 11.5 Å². The molecule has 1 aliphatic heterocycles. The molecule has 47 heavy (non-hydrogen) atoms. The third kappa shape index (κ3) is 13.8. The van der Waals surface area contributed by atoms with E-state index in [-0.39, 0.29) is 23.2 Å². The molecular weight excluding hydrogens is 587 g/mol. The fraction of sp³-hybridized carbons (Fsp3) is 0.500. The normalized spacial score (nSPS) is 13.7. The van der Waals surface area contributed by atoms with E-state index in [9.17, 15) is 14.0 Å². The summed E-state index contributed by atoms with van der Waals surface area (Å²) >= 11 is 0. The molecule has 1 aromatic carbocycles. The second-order valence-corrected chi connectivity index (χ2v) is 10.8. The van der Waals surface area contributed by atoms with Gasteiger partial charge in [-0.15, -0.1) is 0 Å². The molecule has 1 aromatic heterocycles. The number of nitrogens with one attached hydrogen (secondary N) is 1. The summed E-state index contributed by atoms with van der Waals surface area (Å²) in [7, 11) is 3.58. The lowest BCUT2D eigenvalue weighted by molar-refractivity contribution is 0.0827. The van der Waals surface area contributed by atoms with Crippen molar-refractivity contribution in [2.24, 2.45) is 0 Å². The molecule has 0 fully saturated rings. The lowest BCUT2D eigenvalue weighted by Gasteiger charge is -2.23. The Labute approximate surface area is 286 Å². The number of rotatable bonds is 8. The average molecular weight is 653 g/mol. The van der Waals surface area contributed by atoms with Crippen molar-refractivity contribution in [3.63, 3.8) is 0 Å². The third-order valence-electron chi connectivity index (χ3n) is 7.08. The molecule has 2 aromatic rings. The largest absolute Gasteiger partial charge is 0.396 e. The number of halogens is 1. The van der Waals surface area contributed by atoms with Crippen LogP contribution in [0.3, 0.4) is 0 Å². The number of nitrogen functional groups attached to an aromatic ring is 1. The molecule has 0 aliphatic carbocycles. The van der Waals surface area contributed by atoms with E-state index in [2.05, 4.69) is 46.0 Å². The van der Waals surface area contributed by atoms with Crippen molar-refractivity contribution < 1.29 is 9.18 Å². The number of carbonyl (C=O) groups is 1. The zero-order chi connectivity index (χ0) is 36.9. The van der Waals surface area contributed by atoms with Crippen LogP contribution in [-0.4, -0.2) is 35.5 Å². The van der Waals surface area contributed by atoms with Gasteiger partial charge in [0, 0.05) is 25.7 Å². The fourth-order valence-electron chi connectivity index (χ4n) is 4.87. The first-order valence-electron chi connectivity index (χ1n) is 17.4. The van der Waals surface area contributed by atoms with E-state index in [0.717, 1.165) is 49.1 Å². The summed E-state index contributed by atoms with van der Waals surface area (Å²) in [6.07, 6.45) is 13.2. The van der Waals surface area contributed by atoms with E-state index >= 15 is 0 Å². The van der Waals surface area contributed by atoms with E-state index in [1.54, 1.807) is 31.3 Å². The number of aryl methyl sites for hydroxylation is 2. The van der Waals surface area contributed by atoms with Gasteiger partial charge in [0.2, 0.25) is 0 Å². The third-order valence-corrected chi connectivity index (χ3v) is 7.08. The first kappa shape index (κ1) is 45.3. The summed E-state index contributed by atoms with van der Waals surface area (Å²) in [4.78, 5) is 25.8. The minimum absolute atomic E-state index is 0.0408. The zero-order valence-corrected chi connectivity index (χ0v) is 32.2. The Bertz CT molecular complexity index is 1410. The standard InChI is InChI=1S/C18H27NO.C16H20FN3O.3C2H6/c1-7-9-15(10-8-2)17-13(3)11-16(12-14(17)4)18(20)19(5)6;1-4-10(2)7-12-11(3)19-6-5-15(12)20-9-13(17)14(18)8-16(20)21;3*1-2/h9,11-12H,7-8,10H2,1-6H3;5-9,11,19H,4,18H2,1-3H3;3*1-2H3/b15-9+;10-7+;;;. The van der Waals surface area contributed by atoms with Crippen LogP contribution in [0.1, 0.15) is 129 Å². The minimum Gasteiger partial charge on any atom is -0.396 e. The Morgan fingerprint density at radius 3 is 2.04 bits per heavy atom. The SMILES string of the molecule is CC.CC.CC.CC/C(C)=C/C1=C(n2cc(F)c(N)cc2=O)C=CNC1C.CC/C=C(\CCC)c1c(C)cc(C(=O)N(C)C)cc1C. The maximum Gasteiger partial charge on any atom is 0.257 e. The fourth-order valence-corrected chi connectivity index (χ4v) is 4.87. The molecule has 6 nitrogen and oxygen atoms in total. The van der Waals surface area contributed by atoms with Crippen molar-refractivity contribution in [1.29, 1.82) is 0 Å². The maximum absolute atomic E-state index is 13.7. The molecule has 1 aliphatic rings. The molecule has 0 radical (unpaired) electrons. The van der Waals surface area contributed by atoms with Crippen molar-refractivity contribution in [2.75, 3.05) is 19.8 Å². The summed E-state index contributed by atoms with van der Waals surface area (Å²) in [6.45, 7) is 26.7. The Hall–Kier alpha value is -3.87. The van der Waals surface area contributed by atoms with Crippen LogP contribution >= 0.6 is 0 Å². The lowest BCUT2D eigenvalue weighted by Crippen LogP contribution is -2.30. The summed E-state index contributed by atoms with van der Waals surface area (Å²) < 4.78 is 15.0. The highest BCUT2D eigenvalue weighted by Gasteiger charge is 2.17. The Morgan fingerprint density at radius 1 is 1.02 bits per heavy atom. The predicted molar refractivity (Wildman–Crippen MR) is 205 cm³/mol. The molecule has 3 N–H and O–H groups in total. The Kier molecular flexibility index (Phi) is 23.4. The number of dihydropyridines is 1. The summed E-state index contributed by atoms with van der Waals surface area (Å²) in [6, 6.07) is 5.18. The first-order chi connectivity index (χ1) is 22.4. The highest BCUT2D eigenvalue weighted by Crippen LogP contribution is 2.29. The van der Waals surface area contributed by atoms with E-state index in [4.69, 9.17) is 5.73 Å². The van der Waals surface area contributed by atoms with Gasteiger partial charge in [-0.05, 0) is 99.2 Å². The van der Waals surface area contributed by atoms with Gasteiger partial charge in [-0.3, -0.25) is 14.2 Å². The Balaban J connectivity index is 0. The van der Waals surface area contributed by atoms with Crippen molar-refractivity contribution >= 4 is 22.9 Å². The van der Waals surface area contributed by atoms with Crippen LogP contribution in [0, 0.1) is 19.7 Å². The van der Waals surface area contributed by atoms with Gasteiger partial charge >= 0.3 is 0 Å².